The van der Waals surface area contributed by atoms with Crippen molar-refractivity contribution in [3.05, 3.63) is 99.3 Å². The molecule has 0 saturated carbocycles. The molecule has 2 atom stereocenters. The number of halogens is 2. The molecule has 0 radical (unpaired) electrons. The number of aliphatic carboxylic acids is 1. The third-order valence-electron chi connectivity index (χ3n) is 5.48. The highest BCUT2D eigenvalue weighted by Gasteiger charge is 2.25. The van der Waals surface area contributed by atoms with Crippen LogP contribution in [0.4, 0.5) is 0 Å². The topological polar surface area (TPSA) is 118 Å². The second-order valence-electron chi connectivity index (χ2n) is 8.49. The highest BCUT2D eigenvalue weighted by Crippen LogP contribution is 2.42. The second kappa shape index (κ2) is 11.7. The van der Waals surface area contributed by atoms with E-state index in [4.69, 9.17) is 23.2 Å². The SMILES string of the molecule is CP(=O)(/C=C/c1cc(Cl)c(C(=O)N[C@@H](Cc2cccc(S(C)(=O)=O)c2)C(=O)O)c(Cl)c1)c1ccccc1. The van der Waals surface area contributed by atoms with Crippen LogP contribution in [0.1, 0.15) is 21.5 Å². The van der Waals surface area contributed by atoms with Crippen LogP contribution < -0.4 is 10.6 Å². The molecule has 0 aliphatic carbocycles. The molecule has 194 valence electrons. The molecule has 0 saturated heterocycles. The van der Waals surface area contributed by atoms with Crippen molar-refractivity contribution in [3.8, 4) is 0 Å². The standard InChI is InChI=1S/C26H24Cl2NO6PS/c1-36(33,19-8-4-3-5-9-19)12-11-18-14-21(27)24(22(28)15-18)25(30)29-23(26(31)32)16-17-7-6-10-20(13-17)37(2,34)35/h3-15,23H,16H2,1-2H3,(H,29,30)(H,31,32)/b12-11+/t23-,36?/m0/s1. The molecule has 11 heteroatoms. The lowest BCUT2D eigenvalue weighted by Crippen LogP contribution is -2.42. The molecule has 2 N–H and O–H groups in total. The van der Waals surface area contributed by atoms with Gasteiger partial charge in [-0.05, 0) is 47.9 Å². The van der Waals surface area contributed by atoms with Crippen LogP contribution in [0.5, 0.6) is 0 Å². The Morgan fingerprint density at radius 3 is 2.22 bits per heavy atom. The van der Waals surface area contributed by atoms with E-state index in [1.807, 2.05) is 6.07 Å². The lowest BCUT2D eigenvalue weighted by molar-refractivity contribution is -0.139. The Hall–Kier alpha value is -2.90. The summed E-state index contributed by atoms with van der Waals surface area (Å²) in [6.07, 6.45) is 2.49. The molecule has 0 aliphatic rings. The first-order valence-corrected chi connectivity index (χ1v) is 15.8. The summed E-state index contributed by atoms with van der Waals surface area (Å²) in [6.45, 7) is 1.63. The van der Waals surface area contributed by atoms with E-state index < -0.39 is 34.9 Å². The van der Waals surface area contributed by atoms with E-state index in [-0.39, 0.29) is 26.9 Å². The predicted octanol–water partition coefficient (Wildman–Crippen LogP) is 5.11. The van der Waals surface area contributed by atoms with E-state index in [0.717, 1.165) is 6.26 Å². The average molecular weight is 580 g/mol. The molecule has 0 bridgehead atoms. The van der Waals surface area contributed by atoms with Gasteiger partial charge in [-0.15, -0.1) is 0 Å². The third kappa shape index (κ3) is 7.55. The maximum absolute atomic E-state index is 13.0. The van der Waals surface area contributed by atoms with Gasteiger partial charge in [-0.3, -0.25) is 4.79 Å². The molecule has 0 fully saturated rings. The molecule has 0 spiro atoms. The Labute approximate surface area is 225 Å². The number of carbonyl (C=O) groups is 2. The van der Waals surface area contributed by atoms with Crippen LogP contribution in [0.25, 0.3) is 6.08 Å². The first-order valence-electron chi connectivity index (χ1n) is 10.9. The zero-order valence-corrected chi connectivity index (χ0v) is 23.1. The smallest absolute Gasteiger partial charge is 0.326 e. The van der Waals surface area contributed by atoms with Crippen molar-refractivity contribution in [2.75, 3.05) is 12.9 Å². The molecule has 1 unspecified atom stereocenters. The monoisotopic (exact) mass is 579 g/mol. The number of hydrogen-bond donors (Lipinski definition) is 2. The van der Waals surface area contributed by atoms with Gasteiger partial charge >= 0.3 is 5.97 Å². The molecule has 0 aromatic heterocycles. The Morgan fingerprint density at radius 2 is 1.65 bits per heavy atom. The van der Waals surface area contributed by atoms with Crippen LogP contribution in [-0.2, 0) is 25.6 Å². The van der Waals surface area contributed by atoms with Crippen LogP contribution in [0.2, 0.25) is 10.0 Å². The summed E-state index contributed by atoms with van der Waals surface area (Å²) in [5.74, 6) is -0.554. The Morgan fingerprint density at radius 1 is 1.03 bits per heavy atom. The van der Waals surface area contributed by atoms with Gasteiger partial charge < -0.3 is 15.0 Å². The van der Waals surface area contributed by atoms with Gasteiger partial charge in [-0.1, -0.05) is 71.7 Å². The second-order valence-corrected chi connectivity index (χ2v) is 14.1. The zero-order valence-electron chi connectivity index (χ0n) is 19.9. The molecule has 0 aliphatic heterocycles. The quantitative estimate of drug-likeness (QED) is 0.340. The zero-order chi connectivity index (χ0) is 27.4. The van der Waals surface area contributed by atoms with Crippen molar-refractivity contribution < 1.29 is 27.7 Å². The van der Waals surface area contributed by atoms with Gasteiger partial charge in [0.25, 0.3) is 5.91 Å². The Balaban J connectivity index is 1.81. The van der Waals surface area contributed by atoms with E-state index in [2.05, 4.69) is 5.32 Å². The van der Waals surface area contributed by atoms with Crippen LogP contribution >= 0.6 is 30.3 Å². The molecule has 3 aromatic carbocycles. The van der Waals surface area contributed by atoms with Crippen molar-refractivity contribution in [3.63, 3.8) is 0 Å². The number of hydrogen-bond acceptors (Lipinski definition) is 5. The number of nitrogens with one attached hydrogen (secondary N) is 1. The van der Waals surface area contributed by atoms with Crippen molar-refractivity contribution in [1.82, 2.24) is 5.32 Å². The van der Waals surface area contributed by atoms with Crippen LogP contribution in [0.3, 0.4) is 0 Å². The summed E-state index contributed by atoms with van der Waals surface area (Å²) < 4.78 is 36.7. The fraction of sp³-hybridized carbons (Fsp3) is 0.154. The lowest BCUT2D eigenvalue weighted by Gasteiger charge is -2.16. The van der Waals surface area contributed by atoms with E-state index >= 15 is 0 Å². The first-order chi connectivity index (χ1) is 17.3. The van der Waals surface area contributed by atoms with Crippen LogP contribution in [-0.4, -0.2) is 44.4 Å². The average Bonchev–Trinajstić information content (AvgIpc) is 2.82. The number of carbonyl (C=O) groups excluding carboxylic acids is 1. The van der Waals surface area contributed by atoms with Gasteiger partial charge in [0.05, 0.1) is 20.5 Å². The van der Waals surface area contributed by atoms with Crippen molar-refractivity contribution in [2.24, 2.45) is 0 Å². The summed E-state index contributed by atoms with van der Waals surface area (Å²) in [5.41, 5.74) is 0.812. The summed E-state index contributed by atoms with van der Waals surface area (Å²) in [7, 11) is -6.28. The Kier molecular flexibility index (Phi) is 9.03. The normalized spacial score (nSPS) is 14.2. The van der Waals surface area contributed by atoms with Crippen LogP contribution in [0, 0.1) is 0 Å². The number of carboxylic acid groups (broad SMARTS) is 1. The van der Waals surface area contributed by atoms with Crippen LogP contribution in [0.15, 0.2) is 77.4 Å². The summed E-state index contributed by atoms with van der Waals surface area (Å²) >= 11 is 12.7. The summed E-state index contributed by atoms with van der Waals surface area (Å²) in [5, 5.41) is 12.7. The minimum Gasteiger partial charge on any atom is -0.480 e. The number of sulfone groups is 1. The van der Waals surface area contributed by atoms with Gasteiger partial charge in [-0.2, -0.15) is 0 Å². The number of benzene rings is 3. The van der Waals surface area contributed by atoms with E-state index in [0.29, 0.717) is 16.4 Å². The molecular weight excluding hydrogens is 556 g/mol. The molecule has 7 nitrogen and oxygen atoms in total. The maximum Gasteiger partial charge on any atom is 0.326 e. The highest BCUT2D eigenvalue weighted by atomic mass is 35.5. The summed E-state index contributed by atoms with van der Waals surface area (Å²) in [4.78, 5) is 24.8. The van der Waals surface area contributed by atoms with Gasteiger partial charge in [0, 0.05) is 18.0 Å². The minimum atomic E-state index is -3.49. The maximum atomic E-state index is 13.0. The molecule has 3 rings (SSSR count). The molecule has 1 amide bonds. The van der Waals surface area contributed by atoms with Crippen molar-refractivity contribution in [1.29, 1.82) is 0 Å². The molecular formula is C26H24Cl2NO6PS. The van der Waals surface area contributed by atoms with E-state index in [1.165, 1.54) is 30.3 Å². The molecule has 0 heterocycles. The van der Waals surface area contributed by atoms with Crippen molar-refractivity contribution >= 4 is 63.4 Å². The minimum absolute atomic E-state index is 0.0153. The van der Waals surface area contributed by atoms with Gasteiger partial charge in [0.2, 0.25) is 0 Å². The number of amides is 1. The highest BCUT2D eigenvalue weighted by molar-refractivity contribution is 7.90. The fourth-order valence-corrected chi connectivity index (χ4v) is 6.27. The fourth-order valence-electron chi connectivity index (χ4n) is 3.51. The van der Waals surface area contributed by atoms with E-state index in [9.17, 15) is 27.7 Å². The van der Waals surface area contributed by atoms with Crippen molar-refractivity contribution in [2.45, 2.75) is 17.4 Å². The Bertz CT molecular complexity index is 1500. The summed E-state index contributed by atoms with van der Waals surface area (Å²) in [6, 6.07) is 16.4. The molecule has 37 heavy (non-hydrogen) atoms. The van der Waals surface area contributed by atoms with Gasteiger partial charge in [0.15, 0.2) is 9.84 Å². The van der Waals surface area contributed by atoms with Gasteiger partial charge in [-0.25, -0.2) is 13.2 Å². The molecule has 3 aromatic rings. The number of carboxylic acids is 1. The van der Waals surface area contributed by atoms with Gasteiger partial charge in [0.1, 0.15) is 13.2 Å². The third-order valence-corrected chi connectivity index (χ3v) is 9.23. The lowest BCUT2D eigenvalue weighted by atomic mass is 10.0. The largest absolute Gasteiger partial charge is 0.480 e. The van der Waals surface area contributed by atoms with E-state index in [1.54, 1.807) is 48.9 Å². The first kappa shape index (κ1) is 28.7. The number of rotatable bonds is 9. The predicted molar refractivity (Wildman–Crippen MR) is 147 cm³/mol.